The molecule has 1 aromatic heterocycles. The third-order valence-electron chi connectivity index (χ3n) is 8.37. The molecule has 0 aromatic carbocycles. The molecule has 1 saturated heterocycles. The first-order valence-electron chi connectivity index (χ1n) is 11.9. The van der Waals surface area contributed by atoms with Crippen molar-refractivity contribution in [2.75, 3.05) is 26.2 Å². The molecule has 4 aliphatic carbocycles. The van der Waals surface area contributed by atoms with Crippen LogP contribution in [0.3, 0.4) is 0 Å². The topological polar surface area (TPSA) is 65.8 Å². The average molecular weight is 414 g/mol. The first-order valence-corrected chi connectivity index (χ1v) is 11.9. The van der Waals surface area contributed by atoms with Crippen LogP contribution in [-0.4, -0.2) is 54.0 Å². The van der Waals surface area contributed by atoms with Gasteiger partial charge in [-0.25, -0.2) is 4.79 Å². The molecule has 164 valence electrons. The van der Waals surface area contributed by atoms with Crippen LogP contribution in [0.25, 0.3) is 0 Å². The van der Waals surface area contributed by atoms with Crippen LogP contribution >= 0.6 is 0 Å². The van der Waals surface area contributed by atoms with E-state index in [0.717, 1.165) is 30.6 Å². The van der Waals surface area contributed by atoms with Gasteiger partial charge in [-0.2, -0.15) is 0 Å². The van der Waals surface area contributed by atoms with Gasteiger partial charge < -0.3 is 19.5 Å². The molecule has 1 N–H and O–H groups in total. The number of carbonyl (C=O) groups excluding carboxylic acids is 2. The van der Waals surface area contributed by atoms with Gasteiger partial charge in [0.25, 0.3) is 5.91 Å². The van der Waals surface area contributed by atoms with Crippen LogP contribution < -0.4 is 5.32 Å². The minimum absolute atomic E-state index is 0.00832. The molecular formula is C24H35N3O3. The fourth-order valence-electron chi connectivity index (χ4n) is 7.43. The number of carbonyl (C=O) groups is 2. The third-order valence-corrected chi connectivity index (χ3v) is 8.37. The third kappa shape index (κ3) is 3.63. The second-order valence-electron chi connectivity index (χ2n) is 10.3. The summed E-state index contributed by atoms with van der Waals surface area (Å²) in [5, 5.41) is 3.46. The minimum Gasteiger partial charge on any atom is -0.472 e. The predicted molar refractivity (Wildman–Crippen MR) is 114 cm³/mol. The molecule has 4 saturated carbocycles. The SMILES string of the molecule is CC[C@H](NC(=O)N1CCCN(C(=O)c2ccoc2)CC1)C12CC3CC(CC(C3)C1)C2. The van der Waals surface area contributed by atoms with E-state index in [4.69, 9.17) is 4.42 Å². The molecule has 6 rings (SSSR count). The Hall–Kier alpha value is -1.98. The quantitative estimate of drug-likeness (QED) is 0.807. The summed E-state index contributed by atoms with van der Waals surface area (Å²) in [6, 6.07) is 2.05. The molecule has 6 nitrogen and oxygen atoms in total. The Balaban J connectivity index is 1.21. The molecule has 30 heavy (non-hydrogen) atoms. The maximum atomic E-state index is 13.2. The molecule has 1 aliphatic heterocycles. The van der Waals surface area contributed by atoms with Gasteiger partial charge in [0.2, 0.25) is 0 Å². The van der Waals surface area contributed by atoms with E-state index in [0.29, 0.717) is 37.2 Å². The van der Waals surface area contributed by atoms with Crippen molar-refractivity contribution in [1.29, 1.82) is 0 Å². The molecule has 1 atom stereocenters. The van der Waals surface area contributed by atoms with Crippen molar-refractivity contribution in [2.45, 2.75) is 64.3 Å². The number of rotatable bonds is 4. The second kappa shape index (κ2) is 7.93. The van der Waals surface area contributed by atoms with Gasteiger partial charge in [-0.05, 0) is 80.6 Å². The summed E-state index contributed by atoms with van der Waals surface area (Å²) >= 11 is 0. The van der Waals surface area contributed by atoms with E-state index in [2.05, 4.69) is 12.2 Å². The van der Waals surface area contributed by atoms with Gasteiger partial charge in [-0.15, -0.1) is 0 Å². The van der Waals surface area contributed by atoms with Crippen LogP contribution in [-0.2, 0) is 0 Å². The zero-order chi connectivity index (χ0) is 20.7. The van der Waals surface area contributed by atoms with E-state index < -0.39 is 0 Å². The van der Waals surface area contributed by atoms with E-state index in [1.54, 1.807) is 6.07 Å². The summed E-state index contributed by atoms with van der Waals surface area (Å²) in [6.45, 7) is 4.79. The highest BCUT2D eigenvalue weighted by Gasteiger charge is 2.54. The molecule has 6 heteroatoms. The van der Waals surface area contributed by atoms with E-state index in [9.17, 15) is 9.59 Å². The van der Waals surface area contributed by atoms with Gasteiger partial charge in [0.05, 0.1) is 11.8 Å². The van der Waals surface area contributed by atoms with Crippen LogP contribution in [0, 0.1) is 23.2 Å². The largest absolute Gasteiger partial charge is 0.472 e. The van der Waals surface area contributed by atoms with E-state index in [1.807, 2.05) is 9.80 Å². The molecule has 5 aliphatic rings. The second-order valence-corrected chi connectivity index (χ2v) is 10.3. The lowest BCUT2D eigenvalue weighted by Crippen LogP contribution is -2.58. The molecule has 4 bridgehead atoms. The molecule has 0 unspecified atom stereocenters. The Labute approximate surface area is 179 Å². The van der Waals surface area contributed by atoms with E-state index in [-0.39, 0.29) is 18.0 Å². The Bertz CT molecular complexity index is 739. The molecule has 2 heterocycles. The first kappa shape index (κ1) is 20.0. The normalized spacial score (nSPS) is 34.0. The number of nitrogens with one attached hydrogen (secondary N) is 1. The monoisotopic (exact) mass is 413 g/mol. The van der Waals surface area contributed by atoms with Crippen molar-refractivity contribution in [3.63, 3.8) is 0 Å². The number of hydrogen-bond donors (Lipinski definition) is 1. The fraction of sp³-hybridized carbons (Fsp3) is 0.750. The fourth-order valence-corrected chi connectivity index (χ4v) is 7.43. The molecule has 1 aromatic rings. The van der Waals surface area contributed by atoms with Gasteiger partial charge in [0.1, 0.15) is 6.26 Å². The van der Waals surface area contributed by atoms with Crippen LogP contribution in [0.4, 0.5) is 4.79 Å². The van der Waals surface area contributed by atoms with Crippen LogP contribution in [0.1, 0.15) is 68.6 Å². The van der Waals surface area contributed by atoms with Gasteiger partial charge in [-0.1, -0.05) is 6.92 Å². The highest BCUT2D eigenvalue weighted by Crippen LogP contribution is 2.61. The van der Waals surface area contributed by atoms with Crippen LogP contribution in [0.15, 0.2) is 23.0 Å². The van der Waals surface area contributed by atoms with Crippen LogP contribution in [0.2, 0.25) is 0 Å². The number of urea groups is 1. The van der Waals surface area contributed by atoms with Crippen molar-refractivity contribution >= 4 is 11.9 Å². The van der Waals surface area contributed by atoms with Crippen LogP contribution in [0.5, 0.6) is 0 Å². The minimum atomic E-state index is -0.00832. The lowest BCUT2D eigenvalue weighted by Gasteiger charge is -2.59. The highest BCUT2D eigenvalue weighted by atomic mass is 16.3. The Kier molecular flexibility index (Phi) is 5.28. The first-order chi connectivity index (χ1) is 14.6. The molecule has 0 radical (unpaired) electrons. The summed E-state index contributed by atoms with van der Waals surface area (Å²) in [6.07, 6.45) is 13.1. The zero-order valence-corrected chi connectivity index (χ0v) is 18.1. The summed E-state index contributed by atoms with van der Waals surface area (Å²) < 4.78 is 5.05. The number of hydrogen-bond acceptors (Lipinski definition) is 3. The molecule has 0 spiro atoms. The molecule has 3 amide bonds. The average Bonchev–Trinajstić information content (AvgIpc) is 3.14. The number of amides is 3. The Morgan fingerprint density at radius 1 is 1.07 bits per heavy atom. The van der Waals surface area contributed by atoms with Crippen molar-refractivity contribution in [3.05, 3.63) is 24.2 Å². The molecular weight excluding hydrogens is 378 g/mol. The van der Waals surface area contributed by atoms with Gasteiger partial charge >= 0.3 is 6.03 Å². The summed E-state index contributed by atoms with van der Waals surface area (Å²) in [5.74, 6) is 2.67. The number of nitrogens with zero attached hydrogens (tertiary/aromatic N) is 2. The summed E-state index contributed by atoms with van der Waals surface area (Å²) in [7, 11) is 0. The van der Waals surface area contributed by atoms with E-state index >= 15 is 0 Å². The van der Waals surface area contributed by atoms with Crippen molar-refractivity contribution in [3.8, 4) is 0 Å². The van der Waals surface area contributed by atoms with Crippen molar-refractivity contribution in [1.82, 2.24) is 15.1 Å². The standard InChI is InChI=1S/C24H35N3O3/c1-2-21(24-13-17-10-18(14-24)12-19(11-17)15-24)25-23(29)27-6-3-5-26(7-8-27)22(28)20-4-9-30-16-20/h4,9,16-19,21H,2-3,5-8,10-15H2,1H3,(H,25,29)/t17?,18?,19?,21-,24?/m0/s1. The van der Waals surface area contributed by atoms with Gasteiger partial charge in [-0.3, -0.25) is 4.79 Å². The lowest BCUT2D eigenvalue weighted by atomic mass is 9.47. The van der Waals surface area contributed by atoms with Gasteiger partial charge in [0, 0.05) is 32.2 Å². The summed E-state index contributed by atoms with van der Waals surface area (Å²) in [5.41, 5.74) is 0.912. The van der Waals surface area contributed by atoms with Crippen molar-refractivity contribution < 1.29 is 14.0 Å². The van der Waals surface area contributed by atoms with Gasteiger partial charge in [0.15, 0.2) is 0 Å². The number of furan rings is 1. The maximum Gasteiger partial charge on any atom is 0.317 e. The maximum absolute atomic E-state index is 13.2. The lowest BCUT2D eigenvalue weighted by molar-refractivity contribution is -0.0727. The Morgan fingerprint density at radius 3 is 2.30 bits per heavy atom. The molecule has 5 fully saturated rings. The highest BCUT2D eigenvalue weighted by molar-refractivity contribution is 5.93. The predicted octanol–water partition coefficient (Wildman–Crippen LogP) is 4.13. The Morgan fingerprint density at radius 2 is 1.70 bits per heavy atom. The summed E-state index contributed by atoms with van der Waals surface area (Å²) in [4.78, 5) is 29.6. The van der Waals surface area contributed by atoms with E-state index in [1.165, 1.54) is 51.1 Å². The van der Waals surface area contributed by atoms with Crippen molar-refractivity contribution in [2.24, 2.45) is 23.2 Å². The zero-order valence-electron chi connectivity index (χ0n) is 18.1. The smallest absolute Gasteiger partial charge is 0.317 e.